The van der Waals surface area contributed by atoms with Gasteiger partial charge in [0.2, 0.25) is 5.89 Å². The first kappa shape index (κ1) is 27.3. The summed E-state index contributed by atoms with van der Waals surface area (Å²) < 4.78 is 12.9. The molecule has 0 aliphatic rings. The summed E-state index contributed by atoms with van der Waals surface area (Å²) in [6, 6.07) is 21.5. The molecule has 1 N–H and O–H groups in total. The van der Waals surface area contributed by atoms with Crippen LogP contribution in [0.15, 0.2) is 83.7 Å². The van der Waals surface area contributed by atoms with Crippen LogP contribution in [0.1, 0.15) is 52.5 Å². The largest absolute Gasteiger partial charge is 0.467 e. The standard InChI is InChI=1S/C32H29N5O4/c1-20(2)26-13-22(16-33)14-27-29(26)41-31(36-27)24-11-9-23(10-12-24)30(38)35-28(32(39)40-3)15-25-18-37(19-34-25)17-21-7-5-4-6-8-21/h4-14,18-20,28H,15,17H2,1-3H3,(H,35,38)/t28-/m0/s1. The average molecular weight is 548 g/mol. The van der Waals surface area contributed by atoms with Crippen molar-refractivity contribution in [3.8, 4) is 17.5 Å². The van der Waals surface area contributed by atoms with Crippen molar-refractivity contribution in [1.29, 1.82) is 5.26 Å². The molecule has 2 aromatic heterocycles. The number of benzene rings is 3. The van der Waals surface area contributed by atoms with Gasteiger partial charge in [-0.2, -0.15) is 5.26 Å². The highest BCUT2D eigenvalue weighted by molar-refractivity contribution is 5.97. The highest BCUT2D eigenvalue weighted by Crippen LogP contribution is 2.31. The number of nitrogens with zero attached hydrogens (tertiary/aromatic N) is 4. The second kappa shape index (κ2) is 11.9. The molecule has 1 amide bonds. The van der Waals surface area contributed by atoms with Crippen LogP contribution >= 0.6 is 0 Å². The Morgan fingerprint density at radius 3 is 2.54 bits per heavy atom. The van der Waals surface area contributed by atoms with Gasteiger partial charge >= 0.3 is 5.97 Å². The van der Waals surface area contributed by atoms with Gasteiger partial charge in [0.05, 0.1) is 30.8 Å². The summed E-state index contributed by atoms with van der Waals surface area (Å²) in [6.45, 7) is 4.71. The van der Waals surface area contributed by atoms with Crippen molar-refractivity contribution < 1.29 is 18.7 Å². The molecule has 0 fully saturated rings. The molecule has 206 valence electrons. The zero-order valence-electron chi connectivity index (χ0n) is 23.0. The van der Waals surface area contributed by atoms with Crippen LogP contribution < -0.4 is 5.32 Å². The number of hydrogen-bond acceptors (Lipinski definition) is 7. The van der Waals surface area contributed by atoms with Crippen molar-refractivity contribution in [2.45, 2.75) is 38.8 Å². The molecule has 0 unspecified atom stereocenters. The van der Waals surface area contributed by atoms with E-state index in [-0.39, 0.29) is 12.3 Å². The molecule has 41 heavy (non-hydrogen) atoms. The summed E-state index contributed by atoms with van der Waals surface area (Å²) in [6.07, 6.45) is 3.74. The van der Waals surface area contributed by atoms with E-state index in [0.717, 1.165) is 11.1 Å². The van der Waals surface area contributed by atoms with Crippen molar-refractivity contribution in [2.24, 2.45) is 0 Å². The first-order chi connectivity index (χ1) is 19.8. The Kier molecular flexibility index (Phi) is 7.92. The monoisotopic (exact) mass is 547 g/mol. The summed E-state index contributed by atoms with van der Waals surface area (Å²) in [5.74, 6) is -0.439. The second-order valence-electron chi connectivity index (χ2n) is 10.1. The molecule has 9 nitrogen and oxygen atoms in total. The van der Waals surface area contributed by atoms with Crippen LogP contribution in [0, 0.1) is 11.3 Å². The molecule has 0 aliphatic carbocycles. The van der Waals surface area contributed by atoms with Gasteiger partial charge in [0.15, 0.2) is 5.58 Å². The van der Waals surface area contributed by atoms with Crippen LogP contribution in [0.3, 0.4) is 0 Å². The number of aromatic nitrogens is 3. The number of rotatable bonds is 9. The molecule has 0 saturated carbocycles. The Bertz CT molecular complexity index is 1730. The molecule has 0 saturated heterocycles. The minimum atomic E-state index is -0.909. The molecule has 5 aromatic rings. The van der Waals surface area contributed by atoms with Crippen LogP contribution in [0.2, 0.25) is 0 Å². The number of methoxy groups -OCH3 is 1. The van der Waals surface area contributed by atoms with Gasteiger partial charge in [-0.1, -0.05) is 44.2 Å². The lowest BCUT2D eigenvalue weighted by Crippen LogP contribution is -2.43. The lowest BCUT2D eigenvalue weighted by atomic mass is 10.00. The Balaban J connectivity index is 1.30. The number of ether oxygens (including phenoxy) is 1. The molecule has 5 rings (SSSR count). The van der Waals surface area contributed by atoms with E-state index in [4.69, 9.17) is 9.15 Å². The molecule has 2 heterocycles. The molecular weight excluding hydrogens is 518 g/mol. The van der Waals surface area contributed by atoms with Crippen LogP contribution in [0.4, 0.5) is 0 Å². The van der Waals surface area contributed by atoms with E-state index in [1.807, 2.05) is 61.0 Å². The van der Waals surface area contributed by atoms with Gasteiger partial charge in [0.25, 0.3) is 5.91 Å². The predicted octanol–water partition coefficient (Wildman–Crippen LogP) is 5.25. The molecular formula is C32H29N5O4. The zero-order chi connectivity index (χ0) is 28.9. The fraction of sp³-hybridized carbons (Fsp3) is 0.219. The van der Waals surface area contributed by atoms with E-state index >= 15 is 0 Å². The number of carbonyl (C=O) groups is 2. The molecule has 3 aromatic carbocycles. The summed E-state index contributed by atoms with van der Waals surface area (Å²) in [7, 11) is 1.29. The van der Waals surface area contributed by atoms with Crippen LogP contribution in [0.25, 0.3) is 22.6 Å². The number of nitrogens with one attached hydrogen (secondary N) is 1. The first-order valence-corrected chi connectivity index (χ1v) is 13.2. The highest BCUT2D eigenvalue weighted by atomic mass is 16.5. The zero-order valence-corrected chi connectivity index (χ0v) is 23.0. The SMILES string of the molecule is COC(=O)[C@H](Cc1cn(Cc2ccccc2)cn1)NC(=O)c1ccc(-c2nc3cc(C#N)cc(C(C)C)c3o2)cc1. The molecule has 0 aliphatic heterocycles. The van der Waals surface area contributed by atoms with E-state index in [0.29, 0.717) is 45.9 Å². The van der Waals surface area contributed by atoms with E-state index in [1.165, 1.54) is 7.11 Å². The number of hydrogen-bond donors (Lipinski definition) is 1. The topological polar surface area (TPSA) is 123 Å². The van der Waals surface area contributed by atoms with E-state index in [2.05, 4.69) is 21.4 Å². The van der Waals surface area contributed by atoms with Crippen LogP contribution in [-0.2, 0) is 22.5 Å². The number of nitriles is 1. The van der Waals surface area contributed by atoms with Gasteiger partial charge in [-0.3, -0.25) is 4.79 Å². The van der Waals surface area contributed by atoms with Gasteiger partial charge < -0.3 is 19.0 Å². The maximum atomic E-state index is 13.1. The van der Waals surface area contributed by atoms with Crippen molar-refractivity contribution >= 4 is 23.0 Å². The quantitative estimate of drug-likeness (QED) is 0.250. The van der Waals surface area contributed by atoms with Crippen molar-refractivity contribution in [3.05, 3.63) is 107 Å². The predicted molar refractivity (Wildman–Crippen MR) is 153 cm³/mol. The Morgan fingerprint density at radius 1 is 1.10 bits per heavy atom. The maximum Gasteiger partial charge on any atom is 0.328 e. The van der Waals surface area contributed by atoms with Crippen LogP contribution in [0.5, 0.6) is 0 Å². The average Bonchev–Trinajstić information content (AvgIpc) is 3.63. The number of oxazole rings is 1. The molecule has 9 heteroatoms. The van der Waals surface area contributed by atoms with Gasteiger partial charge in [0, 0.05) is 35.9 Å². The first-order valence-electron chi connectivity index (χ1n) is 13.2. The third-order valence-corrected chi connectivity index (χ3v) is 6.76. The Labute approximate surface area is 237 Å². The number of imidazole rings is 1. The van der Waals surface area contributed by atoms with Gasteiger partial charge in [0.1, 0.15) is 11.6 Å². The maximum absolute atomic E-state index is 13.1. The fourth-order valence-corrected chi connectivity index (χ4v) is 4.62. The minimum Gasteiger partial charge on any atom is -0.467 e. The molecule has 0 radical (unpaired) electrons. The number of fused-ring (bicyclic) bond motifs is 1. The minimum absolute atomic E-state index is 0.151. The van der Waals surface area contributed by atoms with Gasteiger partial charge in [-0.05, 0) is 47.9 Å². The number of amides is 1. The summed E-state index contributed by atoms with van der Waals surface area (Å²) in [4.78, 5) is 34.6. The fourth-order valence-electron chi connectivity index (χ4n) is 4.62. The summed E-state index contributed by atoms with van der Waals surface area (Å²) >= 11 is 0. The normalized spacial score (nSPS) is 11.8. The van der Waals surface area contributed by atoms with Crippen LogP contribution in [-0.4, -0.2) is 39.6 Å². The van der Waals surface area contributed by atoms with E-state index < -0.39 is 17.9 Å². The highest BCUT2D eigenvalue weighted by Gasteiger charge is 2.24. The van der Waals surface area contributed by atoms with Crippen molar-refractivity contribution in [1.82, 2.24) is 19.9 Å². The van der Waals surface area contributed by atoms with Gasteiger partial charge in [-0.25, -0.2) is 14.8 Å². The third kappa shape index (κ3) is 6.17. The van der Waals surface area contributed by atoms with E-state index in [9.17, 15) is 14.9 Å². The third-order valence-electron chi connectivity index (χ3n) is 6.76. The summed E-state index contributed by atoms with van der Waals surface area (Å²) in [5, 5.41) is 12.2. The summed E-state index contributed by atoms with van der Waals surface area (Å²) in [5.41, 5.74) is 5.51. The second-order valence-corrected chi connectivity index (χ2v) is 10.1. The lowest BCUT2D eigenvalue weighted by Gasteiger charge is -2.15. The molecule has 0 bridgehead atoms. The van der Waals surface area contributed by atoms with Gasteiger partial charge in [-0.15, -0.1) is 0 Å². The Hall–Kier alpha value is -5.23. The van der Waals surface area contributed by atoms with E-state index in [1.54, 1.807) is 36.7 Å². The van der Waals surface area contributed by atoms with Crippen molar-refractivity contribution in [3.63, 3.8) is 0 Å². The lowest BCUT2D eigenvalue weighted by molar-refractivity contribution is -0.142. The Morgan fingerprint density at radius 2 is 1.85 bits per heavy atom. The van der Waals surface area contributed by atoms with Crippen molar-refractivity contribution in [2.75, 3.05) is 7.11 Å². The number of carbonyl (C=O) groups excluding carboxylic acids is 2. The smallest absolute Gasteiger partial charge is 0.328 e. The number of esters is 1. The molecule has 1 atom stereocenters. The molecule has 0 spiro atoms.